The van der Waals surface area contributed by atoms with Gasteiger partial charge in [-0.05, 0) is 25.1 Å². The quantitative estimate of drug-likeness (QED) is 0.273. The molecule has 0 bridgehead atoms. The molecule has 2 rings (SSSR count). The number of hydrazone groups is 1. The second-order valence-corrected chi connectivity index (χ2v) is 4.76. The Kier molecular flexibility index (Phi) is 5.07. The molecule has 1 aromatic heterocycles. The molecule has 10 nitrogen and oxygen atoms in total. The van der Waals surface area contributed by atoms with Gasteiger partial charge in [-0.15, -0.1) is 0 Å². The summed E-state index contributed by atoms with van der Waals surface area (Å²) < 4.78 is 14.0. The third-order valence-electron chi connectivity index (χ3n) is 3.07. The van der Waals surface area contributed by atoms with Crippen LogP contribution in [0, 0.1) is 18.2 Å². The number of halogens is 1. The number of carbonyl (C=O) groups is 1. The van der Waals surface area contributed by atoms with E-state index < -0.39 is 28.7 Å². The molecule has 0 saturated carbocycles. The van der Waals surface area contributed by atoms with E-state index in [4.69, 9.17) is 11.3 Å². The lowest BCUT2D eigenvalue weighted by atomic mass is 10.1. The van der Waals surface area contributed by atoms with Gasteiger partial charge in [-0.3, -0.25) is 25.4 Å². The van der Waals surface area contributed by atoms with Crippen LogP contribution in [0.5, 0.6) is 5.88 Å². The van der Waals surface area contributed by atoms with Crippen molar-refractivity contribution in [2.45, 2.75) is 6.92 Å². The van der Waals surface area contributed by atoms with Gasteiger partial charge in [0.2, 0.25) is 0 Å². The van der Waals surface area contributed by atoms with Gasteiger partial charge < -0.3 is 21.3 Å². The zero-order valence-electron chi connectivity index (χ0n) is 12.9. The van der Waals surface area contributed by atoms with Gasteiger partial charge in [0.25, 0.3) is 11.5 Å². The molecule has 130 valence electrons. The molecule has 1 amide bonds. The van der Waals surface area contributed by atoms with Crippen molar-refractivity contribution in [3.63, 3.8) is 0 Å². The van der Waals surface area contributed by atoms with Crippen LogP contribution in [0.2, 0.25) is 0 Å². The normalized spacial score (nSPS) is 11.0. The van der Waals surface area contributed by atoms with Crippen LogP contribution in [0.4, 0.5) is 10.1 Å². The Bertz CT molecular complexity index is 923. The van der Waals surface area contributed by atoms with Crippen LogP contribution in [0.25, 0.3) is 0 Å². The smallest absolute Gasteiger partial charge is 0.276 e. The first kappa shape index (κ1) is 17.6. The van der Waals surface area contributed by atoms with Crippen molar-refractivity contribution in [3.05, 3.63) is 51.3 Å². The monoisotopic (exact) mass is 346 g/mol. The number of aromatic nitrogens is 2. The number of hydrazine groups is 1. The van der Waals surface area contributed by atoms with Crippen LogP contribution < -0.4 is 27.4 Å². The molecule has 6 N–H and O–H groups in total. The number of amides is 1. The summed E-state index contributed by atoms with van der Waals surface area (Å²) in [7, 11) is 0. The Morgan fingerprint density at radius 1 is 1.52 bits per heavy atom. The van der Waals surface area contributed by atoms with Gasteiger partial charge in [-0.2, -0.15) is 5.10 Å². The molecular formula is C14H13FN7O3-. The van der Waals surface area contributed by atoms with E-state index in [0.29, 0.717) is 0 Å². The topological polar surface area (TPSA) is 172 Å². The number of anilines is 1. The highest BCUT2D eigenvalue weighted by Crippen LogP contribution is 2.14. The lowest BCUT2D eigenvalue weighted by Crippen LogP contribution is -2.35. The van der Waals surface area contributed by atoms with Crippen LogP contribution in [-0.2, 0) is 0 Å². The fraction of sp³-hybridized carbons (Fsp3) is 0.0714. The average Bonchev–Trinajstić information content (AvgIpc) is 2.54. The van der Waals surface area contributed by atoms with E-state index in [1.807, 2.05) is 0 Å². The van der Waals surface area contributed by atoms with Crippen molar-refractivity contribution >= 4 is 23.5 Å². The molecule has 0 aliphatic rings. The highest BCUT2D eigenvalue weighted by molar-refractivity contribution is 6.37. The van der Waals surface area contributed by atoms with E-state index in [0.717, 1.165) is 12.3 Å². The van der Waals surface area contributed by atoms with Crippen LogP contribution in [-0.4, -0.2) is 27.8 Å². The van der Waals surface area contributed by atoms with Crippen molar-refractivity contribution in [2.24, 2.45) is 10.9 Å². The number of hydrogen-bond donors (Lipinski definition) is 5. The fourth-order valence-corrected chi connectivity index (χ4v) is 1.94. The van der Waals surface area contributed by atoms with Crippen molar-refractivity contribution in [1.82, 2.24) is 15.4 Å². The van der Waals surface area contributed by atoms with E-state index in [1.165, 1.54) is 19.1 Å². The van der Waals surface area contributed by atoms with Crippen LogP contribution in [0.15, 0.2) is 28.1 Å². The van der Waals surface area contributed by atoms with Gasteiger partial charge in [-0.1, -0.05) is 0 Å². The second-order valence-electron chi connectivity index (χ2n) is 4.76. The molecule has 1 aromatic carbocycles. The van der Waals surface area contributed by atoms with Gasteiger partial charge in [0.1, 0.15) is 22.9 Å². The van der Waals surface area contributed by atoms with E-state index in [9.17, 15) is 19.1 Å². The number of carbonyl (C=O) groups excluding carboxylic acids is 1. The van der Waals surface area contributed by atoms with Gasteiger partial charge in [0, 0.05) is 17.7 Å². The third-order valence-corrected chi connectivity index (χ3v) is 3.07. The number of nitrogens with one attached hydrogen (secondary N) is 4. The Hall–Kier alpha value is -3.76. The number of nitrogens with zero attached hydrogens (tertiary/aromatic N) is 2. The molecule has 0 aliphatic heterocycles. The lowest BCUT2D eigenvalue weighted by molar-refractivity contribution is -0.275. The molecule has 0 aliphatic carbocycles. The van der Waals surface area contributed by atoms with Crippen molar-refractivity contribution in [3.8, 4) is 5.88 Å². The average molecular weight is 346 g/mol. The number of benzene rings is 1. The largest absolute Gasteiger partial charge is 0.858 e. The summed E-state index contributed by atoms with van der Waals surface area (Å²) in [6, 6.07) is 3.68. The van der Waals surface area contributed by atoms with E-state index in [-0.39, 0.29) is 22.8 Å². The van der Waals surface area contributed by atoms with Gasteiger partial charge in [-0.25, -0.2) is 4.39 Å². The van der Waals surface area contributed by atoms with Crippen LogP contribution in [0.3, 0.4) is 0 Å². The predicted octanol–water partition coefficient (Wildman–Crippen LogP) is -0.640. The Morgan fingerprint density at radius 3 is 2.80 bits per heavy atom. The van der Waals surface area contributed by atoms with Gasteiger partial charge in [0.05, 0.1) is 5.69 Å². The van der Waals surface area contributed by atoms with Gasteiger partial charge in [0.15, 0.2) is 0 Å². The third kappa shape index (κ3) is 3.77. The molecular weight excluding hydrogens is 333 g/mol. The maximum Gasteiger partial charge on any atom is 0.276 e. The van der Waals surface area contributed by atoms with Gasteiger partial charge >= 0.3 is 0 Å². The summed E-state index contributed by atoms with van der Waals surface area (Å²) in [6.45, 7) is 1.40. The number of hydrogen-bond acceptors (Lipinski definition) is 8. The van der Waals surface area contributed by atoms with E-state index in [2.05, 4.69) is 25.9 Å². The molecule has 0 spiro atoms. The molecule has 0 atom stereocenters. The molecule has 0 unspecified atom stereocenters. The number of aryl methyl sites for hydroxylation is 1. The molecule has 2 aromatic rings. The molecule has 1 heterocycles. The van der Waals surface area contributed by atoms with Crippen molar-refractivity contribution < 1.29 is 14.3 Å². The highest BCUT2D eigenvalue weighted by Gasteiger charge is 2.14. The summed E-state index contributed by atoms with van der Waals surface area (Å²) in [6.07, 6.45) is 0.791. The maximum atomic E-state index is 14.0. The highest BCUT2D eigenvalue weighted by atomic mass is 19.1. The SMILES string of the molecule is Cc1nc([O-])c(C(=O)NNc2ccc(C(C=N)=NN)c(F)c2)c(=O)[nH]1. The van der Waals surface area contributed by atoms with E-state index >= 15 is 0 Å². The minimum Gasteiger partial charge on any atom is -0.858 e. The standard InChI is InChI=1S/C14H14FN7O3/c1-6-18-12(23)11(13(24)19-6)14(25)22-21-7-2-3-8(9(15)4-7)10(5-16)20-17/h2-5,16,21H,17H2,1H3,(H,22,25)(H2,18,19,23,24)/p-1. The summed E-state index contributed by atoms with van der Waals surface area (Å²) in [4.78, 5) is 29.3. The van der Waals surface area contributed by atoms with E-state index in [1.54, 1.807) is 0 Å². The minimum absolute atomic E-state index is 0.00426. The second kappa shape index (κ2) is 7.21. The zero-order valence-corrected chi connectivity index (χ0v) is 12.9. The Balaban J connectivity index is 2.17. The summed E-state index contributed by atoms with van der Waals surface area (Å²) in [5, 5.41) is 22.0. The van der Waals surface area contributed by atoms with Crippen molar-refractivity contribution in [2.75, 3.05) is 5.43 Å². The zero-order chi connectivity index (χ0) is 18.6. The molecule has 11 heteroatoms. The number of aromatic amines is 1. The molecule has 25 heavy (non-hydrogen) atoms. The summed E-state index contributed by atoms with van der Waals surface area (Å²) >= 11 is 0. The van der Waals surface area contributed by atoms with Crippen LogP contribution in [0.1, 0.15) is 21.7 Å². The predicted molar refractivity (Wildman–Crippen MR) is 86.0 cm³/mol. The number of nitrogens with two attached hydrogens (primary N) is 1. The van der Waals surface area contributed by atoms with Crippen molar-refractivity contribution in [1.29, 1.82) is 5.41 Å². The number of rotatable bonds is 5. The summed E-state index contributed by atoms with van der Waals surface area (Å²) in [5.74, 6) is 2.40. The number of H-pyrrole nitrogens is 1. The first-order valence-electron chi connectivity index (χ1n) is 6.80. The van der Waals surface area contributed by atoms with Crippen LogP contribution >= 0.6 is 0 Å². The molecule has 0 fully saturated rings. The Morgan fingerprint density at radius 2 is 2.24 bits per heavy atom. The fourth-order valence-electron chi connectivity index (χ4n) is 1.94. The molecule has 0 saturated heterocycles. The first-order valence-corrected chi connectivity index (χ1v) is 6.80. The first-order chi connectivity index (χ1) is 11.9. The summed E-state index contributed by atoms with van der Waals surface area (Å²) in [5.41, 5.74) is 2.95. The lowest BCUT2D eigenvalue weighted by Gasteiger charge is -2.13. The molecule has 0 radical (unpaired) electrons. The Labute approximate surface area is 140 Å². The maximum absolute atomic E-state index is 14.0. The minimum atomic E-state index is -1.02.